The monoisotopic (exact) mass is 248 g/mol. The van der Waals surface area contributed by atoms with E-state index in [2.05, 4.69) is 37.6 Å². The molecule has 0 spiro atoms. The topological polar surface area (TPSA) is 55.0 Å². The fourth-order valence-corrected chi connectivity index (χ4v) is 2.31. The third kappa shape index (κ3) is 2.64. The molecule has 0 bridgehead atoms. The van der Waals surface area contributed by atoms with Crippen molar-refractivity contribution in [3.8, 4) is 0 Å². The van der Waals surface area contributed by atoms with E-state index in [4.69, 9.17) is 10.7 Å². The molecule has 0 unspecified atom stereocenters. The lowest BCUT2D eigenvalue weighted by Crippen LogP contribution is -2.40. The second-order valence-corrected chi connectivity index (χ2v) is 5.60. The smallest absolute Gasteiger partial charge is 0.135 e. The van der Waals surface area contributed by atoms with E-state index in [1.807, 2.05) is 0 Å². The maximum absolute atomic E-state index is 5.96. The maximum Gasteiger partial charge on any atom is 0.135 e. The van der Waals surface area contributed by atoms with Crippen molar-refractivity contribution in [3.63, 3.8) is 0 Å². The van der Waals surface area contributed by atoms with E-state index in [0.717, 1.165) is 43.3 Å². The zero-order valence-electron chi connectivity index (χ0n) is 11.9. The summed E-state index contributed by atoms with van der Waals surface area (Å²) in [6.45, 7) is 10.5. The molecule has 1 saturated heterocycles. The van der Waals surface area contributed by atoms with E-state index >= 15 is 0 Å². The first-order valence-corrected chi connectivity index (χ1v) is 6.84. The lowest BCUT2D eigenvalue weighted by Gasteiger charge is -2.32. The summed E-state index contributed by atoms with van der Waals surface area (Å²) in [6.07, 6.45) is 2.11. The van der Waals surface area contributed by atoms with Gasteiger partial charge in [-0.1, -0.05) is 13.8 Å². The molecular weight excluding hydrogens is 224 g/mol. The van der Waals surface area contributed by atoms with Crippen LogP contribution in [-0.2, 0) is 0 Å². The zero-order valence-corrected chi connectivity index (χ0v) is 11.9. The van der Waals surface area contributed by atoms with Gasteiger partial charge in [-0.15, -0.1) is 0 Å². The fourth-order valence-electron chi connectivity index (χ4n) is 2.31. The first kappa shape index (κ1) is 13.3. The molecule has 0 atom stereocenters. The van der Waals surface area contributed by atoms with Gasteiger partial charge in [0.15, 0.2) is 0 Å². The van der Waals surface area contributed by atoms with Crippen LogP contribution in [0.2, 0.25) is 0 Å². The molecule has 0 radical (unpaired) electrons. The van der Waals surface area contributed by atoms with Gasteiger partial charge >= 0.3 is 0 Å². The van der Waals surface area contributed by atoms with Crippen molar-refractivity contribution in [1.29, 1.82) is 0 Å². The number of piperidine rings is 1. The molecule has 0 saturated carbocycles. The second kappa shape index (κ2) is 5.22. The third-order valence-corrected chi connectivity index (χ3v) is 3.74. The number of hydrogen-bond acceptors (Lipinski definition) is 4. The van der Waals surface area contributed by atoms with Crippen molar-refractivity contribution in [2.45, 2.75) is 52.5 Å². The molecule has 1 aliphatic rings. The Morgan fingerprint density at radius 3 is 2.33 bits per heavy atom. The molecule has 0 amide bonds. The Morgan fingerprint density at radius 1 is 1.17 bits per heavy atom. The molecule has 4 heteroatoms. The van der Waals surface area contributed by atoms with Crippen LogP contribution >= 0.6 is 0 Å². The van der Waals surface area contributed by atoms with E-state index in [-0.39, 0.29) is 0 Å². The summed E-state index contributed by atoms with van der Waals surface area (Å²) in [4.78, 5) is 11.7. The molecule has 2 heterocycles. The quantitative estimate of drug-likeness (QED) is 0.871. The van der Waals surface area contributed by atoms with Crippen molar-refractivity contribution >= 4 is 5.82 Å². The Morgan fingerprint density at radius 2 is 1.78 bits per heavy atom. The Bertz CT molecular complexity index is 420. The molecule has 1 fully saturated rings. The number of aryl methyl sites for hydroxylation is 1. The number of rotatable bonds is 2. The number of nitrogens with two attached hydrogens (primary N) is 1. The molecule has 2 N–H and O–H groups in total. The van der Waals surface area contributed by atoms with Crippen LogP contribution in [0.25, 0.3) is 0 Å². The summed E-state index contributed by atoms with van der Waals surface area (Å²) in [5, 5.41) is 0. The van der Waals surface area contributed by atoms with Gasteiger partial charge in [0.25, 0.3) is 0 Å². The van der Waals surface area contributed by atoms with E-state index in [0.29, 0.717) is 12.0 Å². The molecule has 1 aliphatic heterocycles. The van der Waals surface area contributed by atoms with Crippen LogP contribution in [0.3, 0.4) is 0 Å². The van der Waals surface area contributed by atoms with Crippen molar-refractivity contribution in [2.75, 3.05) is 18.0 Å². The van der Waals surface area contributed by atoms with Crippen molar-refractivity contribution in [2.24, 2.45) is 5.73 Å². The van der Waals surface area contributed by atoms with Gasteiger partial charge in [0.2, 0.25) is 0 Å². The van der Waals surface area contributed by atoms with Crippen LogP contribution in [0.4, 0.5) is 5.82 Å². The van der Waals surface area contributed by atoms with Crippen LogP contribution in [0.5, 0.6) is 0 Å². The SMILES string of the molecule is Cc1nc(C(C)C)nc(N2CCC(N)CC2)c1C. The Labute approximate surface area is 110 Å². The first-order chi connectivity index (χ1) is 8.49. The summed E-state index contributed by atoms with van der Waals surface area (Å²) in [5.74, 6) is 2.43. The Balaban J connectivity index is 2.31. The molecule has 2 rings (SSSR count). The Hall–Kier alpha value is -1.16. The highest BCUT2D eigenvalue weighted by molar-refractivity contribution is 5.48. The van der Waals surface area contributed by atoms with Gasteiger partial charge in [0.05, 0.1) is 0 Å². The van der Waals surface area contributed by atoms with Crippen LogP contribution in [-0.4, -0.2) is 29.1 Å². The molecule has 4 nitrogen and oxygen atoms in total. The van der Waals surface area contributed by atoms with Gasteiger partial charge < -0.3 is 10.6 Å². The largest absolute Gasteiger partial charge is 0.356 e. The standard InChI is InChI=1S/C14H24N4/c1-9(2)13-16-11(4)10(3)14(17-13)18-7-5-12(15)6-8-18/h9,12H,5-8,15H2,1-4H3. The summed E-state index contributed by atoms with van der Waals surface area (Å²) >= 11 is 0. The average molecular weight is 248 g/mol. The second-order valence-electron chi connectivity index (χ2n) is 5.60. The predicted molar refractivity (Wildman–Crippen MR) is 75.0 cm³/mol. The van der Waals surface area contributed by atoms with Crippen LogP contribution < -0.4 is 10.6 Å². The average Bonchev–Trinajstić information content (AvgIpc) is 2.33. The van der Waals surface area contributed by atoms with E-state index in [9.17, 15) is 0 Å². The minimum atomic E-state index is 0.356. The van der Waals surface area contributed by atoms with Gasteiger partial charge in [-0.05, 0) is 26.7 Å². The summed E-state index contributed by atoms with van der Waals surface area (Å²) < 4.78 is 0. The van der Waals surface area contributed by atoms with Crippen molar-refractivity contribution < 1.29 is 0 Å². The highest BCUT2D eigenvalue weighted by Crippen LogP contribution is 2.24. The minimum Gasteiger partial charge on any atom is -0.356 e. The number of aromatic nitrogens is 2. The molecule has 1 aromatic heterocycles. The lowest BCUT2D eigenvalue weighted by atomic mass is 10.1. The van der Waals surface area contributed by atoms with Crippen LogP contribution in [0, 0.1) is 13.8 Å². The van der Waals surface area contributed by atoms with Gasteiger partial charge in [-0.25, -0.2) is 9.97 Å². The molecular formula is C14H24N4. The normalized spacial score (nSPS) is 17.6. The van der Waals surface area contributed by atoms with Crippen molar-refractivity contribution in [3.05, 3.63) is 17.1 Å². The lowest BCUT2D eigenvalue weighted by molar-refractivity contribution is 0.497. The van der Waals surface area contributed by atoms with Gasteiger partial charge in [-0.3, -0.25) is 0 Å². The van der Waals surface area contributed by atoms with E-state index in [1.165, 1.54) is 5.56 Å². The number of nitrogens with zero attached hydrogens (tertiary/aromatic N) is 3. The molecule has 1 aromatic rings. The number of anilines is 1. The predicted octanol–water partition coefficient (Wildman–Crippen LogP) is 2.14. The van der Waals surface area contributed by atoms with Gasteiger partial charge in [0, 0.05) is 36.3 Å². The van der Waals surface area contributed by atoms with Gasteiger partial charge in [0.1, 0.15) is 11.6 Å². The third-order valence-electron chi connectivity index (χ3n) is 3.74. The maximum atomic E-state index is 5.96. The molecule has 18 heavy (non-hydrogen) atoms. The Kier molecular flexibility index (Phi) is 3.85. The first-order valence-electron chi connectivity index (χ1n) is 6.84. The summed E-state index contributed by atoms with van der Waals surface area (Å²) in [7, 11) is 0. The molecule has 100 valence electrons. The minimum absolute atomic E-state index is 0.356. The molecule has 0 aromatic carbocycles. The fraction of sp³-hybridized carbons (Fsp3) is 0.714. The highest BCUT2D eigenvalue weighted by atomic mass is 15.2. The summed E-state index contributed by atoms with van der Waals surface area (Å²) in [5.41, 5.74) is 8.26. The van der Waals surface area contributed by atoms with Crippen LogP contribution in [0.1, 0.15) is 49.7 Å². The van der Waals surface area contributed by atoms with E-state index in [1.54, 1.807) is 0 Å². The highest BCUT2D eigenvalue weighted by Gasteiger charge is 2.21. The van der Waals surface area contributed by atoms with E-state index < -0.39 is 0 Å². The molecule has 0 aliphatic carbocycles. The summed E-state index contributed by atoms with van der Waals surface area (Å²) in [6, 6.07) is 0.356. The van der Waals surface area contributed by atoms with Crippen molar-refractivity contribution in [1.82, 2.24) is 9.97 Å². The van der Waals surface area contributed by atoms with Gasteiger partial charge in [-0.2, -0.15) is 0 Å². The number of hydrogen-bond donors (Lipinski definition) is 1. The zero-order chi connectivity index (χ0) is 13.3. The van der Waals surface area contributed by atoms with Crippen LogP contribution in [0.15, 0.2) is 0 Å².